The molecule has 0 saturated carbocycles. The van der Waals surface area contributed by atoms with Crippen molar-refractivity contribution in [2.24, 2.45) is 0 Å². The van der Waals surface area contributed by atoms with E-state index in [2.05, 4.69) is 5.32 Å². The smallest absolute Gasteiger partial charge is 0.246 e. The number of carbonyl (C=O) groups excluding carboxylic acids is 2. The highest BCUT2D eigenvalue weighted by molar-refractivity contribution is 5.77. The zero-order chi connectivity index (χ0) is 13.8. The monoisotopic (exact) mass is 256 g/mol. The average Bonchev–Trinajstić information content (AvgIpc) is 2.26. The molecule has 0 atom stereocenters. The zero-order valence-electron chi connectivity index (χ0n) is 11.8. The van der Waals surface area contributed by atoms with E-state index in [0.29, 0.717) is 0 Å². The normalized spacial score (nSPS) is 17.7. The quantitative estimate of drug-likeness (QED) is 0.817. The maximum Gasteiger partial charge on any atom is 0.246 e. The SMILES string of the molecule is CC(=O)N1CCC(NC(=O)COC(C)(C)C)CC1. The summed E-state index contributed by atoms with van der Waals surface area (Å²) in [7, 11) is 0. The van der Waals surface area contributed by atoms with Gasteiger partial charge in [-0.15, -0.1) is 0 Å². The van der Waals surface area contributed by atoms with Crippen LogP contribution < -0.4 is 5.32 Å². The van der Waals surface area contributed by atoms with Gasteiger partial charge in [0.05, 0.1) is 5.60 Å². The van der Waals surface area contributed by atoms with Gasteiger partial charge in [-0.2, -0.15) is 0 Å². The van der Waals surface area contributed by atoms with Crippen LogP contribution in [0.25, 0.3) is 0 Å². The highest BCUT2D eigenvalue weighted by Gasteiger charge is 2.22. The first-order valence-electron chi connectivity index (χ1n) is 6.47. The lowest BCUT2D eigenvalue weighted by Crippen LogP contribution is -2.47. The molecular weight excluding hydrogens is 232 g/mol. The van der Waals surface area contributed by atoms with Gasteiger partial charge in [0, 0.05) is 26.1 Å². The molecule has 0 aromatic carbocycles. The van der Waals surface area contributed by atoms with Gasteiger partial charge in [-0.05, 0) is 33.6 Å². The molecular formula is C13H24N2O3. The van der Waals surface area contributed by atoms with Crippen molar-refractivity contribution in [2.75, 3.05) is 19.7 Å². The van der Waals surface area contributed by atoms with Crippen molar-refractivity contribution in [2.45, 2.75) is 52.2 Å². The van der Waals surface area contributed by atoms with E-state index in [-0.39, 0.29) is 30.1 Å². The second-order valence-electron chi connectivity index (χ2n) is 5.75. The lowest BCUT2D eigenvalue weighted by atomic mass is 10.1. The van der Waals surface area contributed by atoms with Crippen molar-refractivity contribution in [1.82, 2.24) is 10.2 Å². The summed E-state index contributed by atoms with van der Waals surface area (Å²) in [6, 6.07) is 0.164. The number of carbonyl (C=O) groups is 2. The minimum Gasteiger partial charge on any atom is -0.366 e. The van der Waals surface area contributed by atoms with Crippen LogP contribution in [0.2, 0.25) is 0 Å². The lowest BCUT2D eigenvalue weighted by molar-refractivity contribution is -0.132. The van der Waals surface area contributed by atoms with Gasteiger partial charge in [0.1, 0.15) is 6.61 Å². The molecule has 0 aliphatic carbocycles. The maximum absolute atomic E-state index is 11.7. The molecule has 0 bridgehead atoms. The molecule has 1 N–H and O–H groups in total. The Morgan fingerprint density at radius 2 is 1.83 bits per heavy atom. The molecule has 0 aromatic rings. The van der Waals surface area contributed by atoms with Crippen LogP contribution in [0, 0.1) is 0 Å². The van der Waals surface area contributed by atoms with Crippen LogP contribution in [0.15, 0.2) is 0 Å². The Morgan fingerprint density at radius 1 is 1.28 bits per heavy atom. The Bertz CT molecular complexity index is 302. The van der Waals surface area contributed by atoms with Gasteiger partial charge in [0.2, 0.25) is 11.8 Å². The van der Waals surface area contributed by atoms with Gasteiger partial charge in [-0.3, -0.25) is 9.59 Å². The molecule has 18 heavy (non-hydrogen) atoms. The molecule has 0 radical (unpaired) electrons. The number of hydrogen-bond donors (Lipinski definition) is 1. The topological polar surface area (TPSA) is 58.6 Å². The van der Waals surface area contributed by atoms with E-state index in [1.54, 1.807) is 6.92 Å². The van der Waals surface area contributed by atoms with Gasteiger partial charge < -0.3 is 15.0 Å². The summed E-state index contributed by atoms with van der Waals surface area (Å²) in [5.41, 5.74) is -0.296. The number of nitrogens with zero attached hydrogens (tertiary/aromatic N) is 1. The molecule has 1 aliphatic heterocycles. The Kier molecular flexibility index (Phi) is 5.14. The van der Waals surface area contributed by atoms with E-state index in [9.17, 15) is 9.59 Å². The minimum atomic E-state index is -0.296. The first-order valence-corrected chi connectivity index (χ1v) is 6.47. The molecule has 0 spiro atoms. The molecule has 1 fully saturated rings. The van der Waals surface area contributed by atoms with Crippen molar-refractivity contribution in [1.29, 1.82) is 0 Å². The first kappa shape index (κ1) is 15.0. The van der Waals surface area contributed by atoms with E-state index in [1.165, 1.54) is 0 Å². The van der Waals surface area contributed by atoms with Crippen molar-refractivity contribution in [3.05, 3.63) is 0 Å². The Hall–Kier alpha value is -1.10. The fraction of sp³-hybridized carbons (Fsp3) is 0.846. The number of rotatable bonds is 3. The number of amides is 2. The lowest BCUT2D eigenvalue weighted by Gasteiger charge is -2.31. The summed E-state index contributed by atoms with van der Waals surface area (Å²) >= 11 is 0. The zero-order valence-corrected chi connectivity index (χ0v) is 11.8. The average molecular weight is 256 g/mol. The Balaban J connectivity index is 2.24. The van der Waals surface area contributed by atoms with Crippen molar-refractivity contribution < 1.29 is 14.3 Å². The van der Waals surface area contributed by atoms with Gasteiger partial charge >= 0.3 is 0 Å². The van der Waals surface area contributed by atoms with Gasteiger partial charge in [-0.1, -0.05) is 0 Å². The third kappa shape index (κ3) is 5.49. The fourth-order valence-corrected chi connectivity index (χ4v) is 1.89. The van der Waals surface area contributed by atoms with Crippen LogP contribution >= 0.6 is 0 Å². The van der Waals surface area contributed by atoms with E-state index >= 15 is 0 Å². The van der Waals surface area contributed by atoms with Crippen LogP contribution in [0.1, 0.15) is 40.5 Å². The van der Waals surface area contributed by atoms with Crippen LogP contribution in [0.5, 0.6) is 0 Å². The number of piperidine rings is 1. The van der Waals surface area contributed by atoms with Crippen LogP contribution in [-0.4, -0.2) is 48.1 Å². The van der Waals surface area contributed by atoms with Crippen LogP contribution in [0.4, 0.5) is 0 Å². The first-order chi connectivity index (χ1) is 8.28. The number of nitrogens with one attached hydrogen (secondary N) is 1. The maximum atomic E-state index is 11.7. The highest BCUT2D eigenvalue weighted by Crippen LogP contribution is 2.11. The molecule has 1 heterocycles. The number of ether oxygens (including phenoxy) is 1. The van der Waals surface area contributed by atoms with Crippen molar-refractivity contribution in [3.63, 3.8) is 0 Å². The summed E-state index contributed by atoms with van der Waals surface area (Å²) in [5, 5.41) is 2.95. The van der Waals surface area contributed by atoms with Gasteiger partial charge in [-0.25, -0.2) is 0 Å². The summed E-state index contributed by atoms with van der Waals surface area (Å²) in [5.74, 6) is 0.0297. The van der Waals surface area contributed by atoms with Crippen LogP contribution in [0.3, 0.4) is 0 Å². The molecule has 1 saturated heterocycles. The van der Waals surface area contributed by atoms with Gasteiger partial charge in [0.25, 0.3) is 0 Å². The third-order valence-corrected chi connectivity index (χ3v) is 2.94. The molecule has 104 valence electrons. The summed E-state index contributed by atoms with van der Waals surface area (Å²) < 4.78 is 5.42. The molecule has 1 rings (SSSR count). The molecule has 2 amide bonds. The fourth-order valence-electron chi connectivity index (χ4n) is 1.89. The van der Waals surface area contributed by atoms with E-state index in [4.69, 9.17) is 4.74 Å². The summed E-state index contributed by atoms with van der Waals surface area (Å²) in [6.45, 7) is 8.89. The standard InChI is InChI=1S/C13H24N2O3/c1-10(16)15-7-5-11(6-8-15)14-12(17)9-18-13(2,3)4/h11H,5-9H2,1-4H3,(H,14,17). The molecule has 0 aromatic heterocycles. The molecule has 5 nitrogen and oxygen atoms in total. The molecule has 0 unspecified atom stereocenters. The largest absolute Gasteiger partial charge is 0.366 e. The van der Waals surface area contributed by atoms with E-state index < -0.39 is 0 Å². The van der Waals surface area contributed by atoms with E-state index in [0.717, 1.165) is 25.9 Å². The number of hydrogen-bond acceptors (Lipinski definition) is 3. The predicted molar refractivity (Wildman–Crippen MR) is 69.1 cm³/mol. The molecule has 1 aliphatic rings. The number of likely N-dealkylation sites (tertiary alicyclic amines) is 1. The summed E-state index contributed by atoms with van der Waals surface area (Å²) in [4.78, 5) is 24.6. The van der Waals surface area contributed by atoms with E-state index in [1.807, 2.05) is 25.7 Å². The minimum absolute atomic E-state index is 0.0776. The third-order valence-electron chi connectivity index (χ3n) is 2.94. The molecule has 5 heteroatoms. The summed E-state index contributed by atoms with van der Waals surface area (Å²) in [6.07, 6.45) is 1.64. The second kappa shape index (κ2) is 6.18. The van der Waals surface area contributed by atoms with Crippen LogP contribution in [-0.2, 0) is 14.3 Å². The Labute approximate surface area is 109 Å². The Morgan fingerprint density at radius 3 is 2.28 bits per heavy atom. The van der Waals surface area contributed by atoms with Crippen molar-refractivity contribution in [3.8, 4) is 0 Å². The predicted octanol–water partition coefficient (Wildman–Crippen LogP) is 0.929. The highest BCUT2D eigenvalue weighted by atomic mass is 16.5. The second-order valence-corrected chi connectivity index (χ2v) is 5.75. The van der Waals surface area contributed by atoms with Gasteiger partial charge in [0.15, 0.2) is 0 Å². The van der Waals surface area contributed by atoms with Crippen molar-refractivity contribution >= 4 is 11.8 Å².